The zero-order valence-corrected chi connectivity index (χ0v) is 34.9. The minimum Gasteiger partial charge on any atom is -0.456 e. The molecule has 0 amide bonds. The Labute approximate surface area is 372 Å². The summed E-state index contributed by atoms with van der Waals surface area (Å²) < 4.78 is 6.62. The van der Waals surface area contributed by atoms with E-state index < -0.39 is 10.8 Å². The molecule has 0 fully saturated rings. The molecule has 3 aliphatic rings. The van der Waals surface area contributed by atoms with Crippen molar-refractivity contribution in [2.75, 3.05) is 4.90 Å². The maximum Gasteiger partial charge on any atom is 0.137 e. The SMILES string of the molecule is c1ccc(C2(c3ccccc3)c3ccccc3-c3ccc(N(c4ccc5c(c4)C4(c6ccccc6-c6ccccc64)c4ccccc4-5)c4ccc5c(c4)oc4ccccc45)cc32)cc1. The molecule has 3 aliphatic carbocycles. The van der Waals surface area contributed by atoms with Crippen LogP contribution in [0.25, 0.3) is 55.3 Å². The predicted molar refractivity (Wildman–Crippen MR) is 262 cm³/mol. The quantitative estimate of drug-likeness (QED) is 0.172. The summed E-state index contributed by atoms with van der Waals surface area (Å²) in [6, 6.07) is 87.7. The van der Waals surface area contributed by atoms with Crippen molar-refractivity contribution in [2.45, 2.75) is 10.8 Å². The molecule has 0 aliphatic heterocycles. The van der Waals surface area contributed by atoms with Crippen LogP contribution in [0.1, 0.15) is 44.5 Å². The van der Waals surface area contributed by atoms with Gasteiger partial charge in [0.1, 0.15) is 11.2 Å². The monoisotopic (exact) mass is 813 g/mol. The van der Waals surface area contributed by atoms with Crippen LogP contribution in [0.5, 0.6) is 0 Å². The van der Waals surface area contributed by atoms with Gasteiger partial charge in [-0.1, -0.05) is 188 Å². The van der Waals surface area contributed by atoms with Gasteiger partial charge >= 0.3 is 0 Å². The van der Waals surface area contributed by atoms with E-state index in [-0.39, 0.29) is 0 Å². The van der Waals surface area contributed by atoms with E-state index >= 15 is 0 Å². The standard InChI is InChI=1S/C62H39NO/c1-3-17-40(18-4-1)61(41-19-5-2-6-20-41)53-26-12-7-23-47(53)49-34-31-42(37-57(49)61)63(44-33-36-52-51-25-11-16-30-59(51)64-60(52)39-44)43-32-35-50-48-24-10-15-29-56(48)62(58(50)38-43)54-27-13-8-21-45(54)46-22-9-14-28-55(46)62/h1-39H. The molecular formula is C62H39NO. The second kappa shape index (κ2) is 13.2. The highest BCUT2D eigenvalue weighted by Crippen LogP contribution is 2.64. The van der Waals surface area contributed by atoms with Crippen LogP contribution in [-0.2, 0) is 10.8 Å². The van der Waals surface area contributed by atoms with Crippen molar-refractivity contribution in [3.05, 3.63) is 281 Å². The van der Waals surface area contributed by atoms with Gasteiger partial charge in [-0.3, -0.25) is 0 Å². The Kier molecular flexibility index (Phi) is 7.28. The second-order valence-corrected chi connectivity index (χ2v) is 17.5. The van der Waals surface area contributed by atoms with E-state index in [2.05, 4.69) is 235 Å². The van der Waals surface area contributed by atoms with Crippen molar-refractivity contribution >= 4 is 39.0 Å². The predicted octanol–water partition coefficient (Wildman–Crippen LogP) is 15.8. The van der Waals surface area contributed by atoms with E-state index in [0.717, 1.165) is 39.0 Å². The van der Waals surface area contributed by atoms with Gasteiger partial charge in [0.2, 0.25) is 0 Å². The molecule has 10 aromatic carbocycles. The smallest absolute Gasteiger partial charge is 0.137 e. The number of rotatable bonds is 5. The summed E-state index contributed by atoms with van der Waals surface area (Å²) in [5.41, 5.74) is 22.0. The summed E-state index contributed by atoms with van der Waals surface area (Å²) in [5, 5.41) is 2.23. The van der Waals surface area contributed by atoms with Gasteiger partial charge in [0, 0.05) is 33.9 Å². The molecule has 298 valence electrons. The van der Waals surface area contributed by atoms with E-state index in [1.54, 1.807) is 0 Å². The molecule has 11 aromatic rings. The van der Waals surface area contributed by atoms with Crippen molar-refractivity contribution in [1.29, 1.82) is 0 Å². The lowest BCUT2D eigenvalue weighted by molar-refractivity contribution is 0.669. The van der Waals surface area contributed by atoms with E-state index in [1.165, 1.54) is 77.9 Å². The van der Waals surface area contributed by atoms with E-state index in [4.69, 9.17) is 4.42 Å². The fourth-order valence-corrected chi connectivity index (χ4v) is 12.1. The number of benzene rings is 10. The Bertz CT molecular complexity index is 3480. The molecule has 2 heteroatoms. The van der Waals surface area contributed by atoms with Gasteiger partial charge in [-0.05, 0) is 120 Å². The van der Waals surface area contributed by atoms with Gasteiger partial charge in [0.15, 0.2) is 0 Å². The van der Waals surface area contributed by atoms with Crippen LogP contribution < -0.4 is 4.90 Å². The molecular weight excluding hydrogens is 775 g/mol. The van der Waals surface area contributed by atoms with Crippen molar-refractivity contribution in [2.24, 2.45) is 0 Å². The third kappa shape index (κ3) is 4.54. The first kappa shape index (κ1) is 35.4. The number of anilines is 3. The largest absolute Gasteiger partial charge is 0.456 e. The Morgan fingerprint density at radius 2 is 0.641 bits per heavy atom. The molecule has 1 heterocycles. The average Bonchev–Trinajstić information content (AvgIpc) is 4.07. The van der Waals surface area contributed by atoms with Crippen LogP contribution in [0.15, 0.2) is 241 Å². The van der Waals surface area contributed by atoms with Crippen LogP contribution >= 0.6 is 0 Å². The topological polar surface area (TPSA) is 16.4 Å². The van der Waals surface area contributed by atoms with Gasteiger partial charge in [-0.25, -0.2) is 0 Å². The van der Waals surface area contributed by atoms with Crippen LogP contribution in [0.3, 0.4) is 0 Å². The molecule has 0 radical (unpaired) electrons. The molecule has 64 heavy (non-hydrogen) atoms. The maximum atomic E-state index is 6.62. The molecule has 0 saturated carbocycles. The molecule has 0 N–H and O–H groups in total. The van der Waals surface area contributed by atoms with Crippen molar-refractivity contribution in [1.82, 2.24) is 0 Å². The summed E-state index contributed by atoms with van der Waals surface area (Å²) >= 11 is 0. The summed E-state index contributed by atoms with van der Waals surface area (Å²) in [6.45, 7) is 0. The molecule has 1 spiro atoms. The zero-order chi connectivity index (χ0) is 42.0. The first-order valence-corrected chi connectivity index (χ1v) is 22.3. The Balaban J connectivity index is 1.06. The number of hydrogen-bond donors (Lipinski definition) is 0. The Morgan fingerprint density at radius 1 is 0.266 bits per heavy atom. The fourth-order valence-electron chi connectivity index (χ4n) is 12.1. The van der Waals surface area contributed by atoms with E-state index in [9.17, 15) is 0 Å². The van der Waals surface area contributed by atoms with Crippen molar-refractivity contribution in [3.63, 3.8) is 0 Å². The van der Waals surface area contributed by atoms with Gasteiger partial charge in [-0.2, -0.15) is 0 Å². The highest BCUT2D eigenvalue weighted by molar-refractivity contribution is 6.06. The molecule has 0 unspecified atom stereocenters. The van der Waals surface area contributed by atoms with Gasteiger partial charge in [0.25, 0.3) is 0 Å². The average molecular weight is 814 g/mol. The molecule has 1 aromatic heterocycles. The summed E-state index contributed by atoms with van der Waals surface area (Å²) in [5.74, 6) is 0. The number of furan rings is 1. The number of hydrogen-bond acceptors (Lipinski definition) is 2. The number of fused-ring (bicyclic) bond motifs is 16. The van der Waals surface area contributed by atoms with Gasteiger partial charge < -0.3 is 9.32 Å². The minimum atomic E-state index is -0.542. The zero-order valence-electron chi connectivity index (χ0n) is 34.9. The molecule has 0 saturated heterocycles. The van der Waals surface area contributed by atoms with Gasteiger partial charge in [-0.15, -0.1) is 0 Å². The summed E-state index contributed by atoms with van der Waals surface area (Å²) in [4.78, 5) is 2.46. The van der Waals surface area contributed by atoms with Crippen molar-refractivity contribution in [3.8, 4) is 33.4 Å². The third-order valence-corrected chi connectivity index (χ3v) is 14.6. The first-order valence-electron chi connectivity index (χ1n) is 22.3. The van der Waals surface area contributed by atoms with E-state index in [0.29, 0.717) is 0 Å². The lowest BCUT2D eigenvalue weighted by Crippen LogP contribution is -2.28. The normalized spacial score (nSPS) is 14.2. The van der Waals surface area contributed by atoms with Gasteiger partial charge in [0.05, 0.1) is 10.8 Å². The first-order chi connectivity index (χ1) is 31.7. The van der Waals surface area contributed by atoms with Crippen LogP contribution in [0.2, 0.25) is 0 Å². The molecule has 2 nitrogen and oxygen atoms in total. The Morgan fingerprint density at radius 3 is 1.17 bits per heavy atom. The lowest BCUT2D eigenvalue weighted by Gasteiger charge is -2.35. The fraction of sp³-hybridized carbons (Fsp3) is 0.0323. The maximum absolute atomic E-state index is 6.62. The number of nitrogens with zero attached hydrogens (tertiary/aromatic N) is 1. The minimum absolute atomic E-state index is 0.473. The van der Waals surface area contributed by atoms with Crippen LogP contribution in [0.4, 0.5) is 17.1 Å². The summed E-state index contributed by atoms with van der Waals surface area (Å²) in [7, 11) is 0. The molecule has 14 rings (SSSR count). The summed E-state index contributed by atoms with van der Waals surface area (Å²) in [6.07, 6.45) is 0. The highest BCUT2D eigenvalue weighted by Gasteiger charge is 2.52. The molecule has 0 atom stereocenters. The molecule has 0 bridgehead atoms. The number of para-hydroxylation sites is 1. The second-order valence-electron chi connectivity index (χ2n) is 17.5. The van der Waals surface area contributed by atoms with Crippen LogP contribution in [-0.4, -0.2) is 0 Å². The Hall–Kier alpha value is -8.20. The van der Waals surface area contributed by atoms with Crippen molar-refractivity contribution < 1.29 is 4.42 Å². The highest BCUT2D eigenvalue weighted by atomic mass is 16.3. The van der Waals surface area contributed by atoms with Crippen LogP contribution in [0, 0.1) is 0 Å². The third-order valence-electron chi connectivity index (χ3n) is 14.6. The lowest BCUT2D eigenvalue weighted by atomic mass is 9.67. The van der Waals surface area contributed by atoms with E-state index in [1.807, 2.05) is 6.07 Å².